The van der Waals surface area contributed by atoms with Gasteiger partial charge in [0.05, 0.1) is 25.6 Å². The second-order valence-electron chi connectivity index (χ2n) is 5.92. The van der Waals surface area contributed by atoms with Gasteiger partial charge in [0.25, 0.3) is 0 Å². The molecule has 0 saturated carbocycles. The molecule has 3 aromatic rings. The summed E-state index contributed by atoms with van der Waals surface area (Å²) in [5.74, 6) is 1.45. The van der Waals surface area contributed by atoms with E-state index in [4.69, 9.17) is 9.47 Å². The van der Waals surface area contributed by atoms with E-state index in [-0.39, 0.29) is 5.78 Å². The van der Waals surface area contributed by atoms with Crippen molar-refractivity contribution in [2.24, 2.45) is 10.2 Å². The molecule has 0 aromatic heterocycles. The summed E-state index contributed by atoms with van der Waals surface area (Å²) in [5, 5.41) is 8.74. The van der Waals surface area contributed by atoms with Crippen LogP contribution >= 0.6 is 0 Å². The Hall–Kier alpha value is -3.47. The number of carbonyl (C=O) groups is 1. The molecule has 136 valence electrons. The van der Waals surface area contributed by atoms with Gasteiger partial charge in [-0.05, 0) is 36.8 Å². The molecule has 0 bridgehead atoms. The van der Waals surface area contributed by atoms with Gasteiger partial charge < -0.3 is 9.47 Å². The number of hydrogen-bond donors (Lipinski definition) is 0. The lowest BCUT2D eigenvalue weighted by molar-refractivity contribution is 0.101. The number of hydrogen-bond acceptors (Lipinski definition) is 5. The van der Waals surface area contributed by atoms with Crippen molar-refractivity contribution in [3.63, 3.8) is 0 Å². The van der Waals surface area contributed by atoms with Crippen LogP contribution in [0.2, 0.25) is 0 Å². The quantitative estimate of drug-likeness (QED) is 0.401. The average Bonchev–Trinajstić information content (AvgIpc) is 2.72. The summed E-state index contributed by atoms with van der Waals surface area (Å²) in [5.41, 5.74) is 3.88. The second kappa shape index (κ2) is 8.27. The molecule has 0 radical (unpaired) electrons. The number of nitrogens with zero attached hydrogens (tertiary/aromatic N) is 2. The maximum atomic E-state index is 11.5. The van der Waals surface area contributed by atoms with Gasteiger partial charge in [0.2, 0.25) is 0 Å². The molecule has 0 aliphatic rings. The molecule has 0 saturated heterocycles. The lowest BCUT2D eigenvalue weighted by Gasteiger charge is -2.08. The van der Waals surface area contributed by atoms with E-state index in [9.17, 15) is 4.79 Å². The highest BCUT2D eigenvalue weighted by Gasteiger charge is 2.08. The highest BCUT2D eigenvalue weighted by Crippen LogP contribution is 2.35. The van der Waals surface area contributed by atoms with E-state index in [0.29, 0.717) is 22.7 Å². The number of azo groups is 1. The summed E-state index contributed by atoms with van der Waals surface area (Å²) in [4.78, 5) is 11.5. The van der Waals surface area contributed by atoms with Gasteiger partial charge in [0.1, 0.15) is 11.5 Å². The van der Waals surface area contributed by atoms with Crippen LogP contribution in [0.25, 0.3) is 11.1 Å². The highest BCUT2D eigenvalue weighted by molar-refractivity contribution is 5.94. The fraction of sp³-hybridized carbons (Fsp3) is 0.136. The molecular weight excluding hydrogens is 340 g/mol. The fourth-order valence-electron chi connectivity index (χ4n) is 2.63. The Bertz CT molecular complexity index is 979. The number of benzene rings is 3. The standard InChI is InChI=1S/C22H20N2O3/c1-15(25)16-7-9-17(10-8-16)21-12-11-20(27-3)14-22(21)24-23-18-5-4-6-19(13-18)26-2/h4-14H,1-3H3. The summed E-state index contributed by atoms with van der Waals surface area (Å²) in [6, 6.07) is 20.4. The van der Waals surface area contributed by atoms with Gasteiger partial charge in [-0.2, -0.15) is 5.11 Å². The Morgan fingerprint density at radius 1 is 0.815 bits per heavy atom. The van der Waals surface area contributed by atoms with E-state index in [0.717, 1.165) is 16.9 Å². The molecule has 0 aliphatic carbocycles. The van der Waals surface area contributed by atoms with Gasteiger partial charge in [0.15, 0.2) is 5.78 Å². The van der Waals surface area contributed by atoms with E-state index in [1.54, 1.807) is 21.1 Å². The van der Waals surface area contributed by atoms with Crippen molar-refractivity contribution in [1.29, 1.82) is 0 Å². The molecule has 0 fully saturated rings. The Morgan fingerprint density at radius 3 is 2.19 bits per heavy atom. The van der Waals surface area contributed by atoms with Crippen molar-refractivity contribution < 1.29 is 14.3 Å². The molecule has 5 heteroatoms. The van der Waals surface area contributed by atoms with E-state index in [1.165, 1.54) is 0 Å². The number of carbonyl (C=O) groups excluding carboxylic acids is 1. The highest BCUT2D eigenvalue weighted by atomic mass is 16.5. The topological polar surface area (TPSA) is 60.3 Å². The molecule has 0 aliphatic heterocycles. The van der Waals surface area contributed by atoms with Crippen LogP contribution in [-0.2, 0) is 0 Å². The van der Waals surface area contributed by atoms with Crippen LogP contribution in [0, 0.1) is 0 Å². The molecule has 3 rings (SSSR count). The van der Waals surface area contributed by atoms with Crippen molar-refractivity contribution in [1.82, 2.24) is 0 Å². The monoisotopic (exact) mass is 360 g/mol. The fourth-order valence-corrected chi connectivity index (χ4v) is 2.63. The van der Waals surface area contributed by atoms with Crippen LogP contribution in [0.15, 0.2) is 77.0 Å². The van der Waals surface area contributed by atoms with Crippen LogP contribution in [0.4, 0.5) is 11.4 Å². The maximum Gasteiger partial charge on any atom is 0.159 e. The molecule has 0 N–H and O–H groups in total. The van der Waals surface area contributed by atoms with E-state index in [2.05, 4.69) is 10.2 Å². The first-order chi connectivity index (χ1) is 13.1. The third kappa shape index (κ3) is 4.39. The van der Waals surface area contributed by atoms with Gasteiger partial charge in [-0.15, -0.1) is 5.11 Å². The van der Waals surface area contributed by atoms with E-state index < -0.39 is 0 Å². The predicted molar refractivity (Wildman–Crippen MR) is 106 cm³/mol. The van der Waals surface area contributed by atoms with Gasteiger partial charge in [-0.1, -0.05) is 30.3 Å². The second-order valence-corrected chi connectivity index (χ2v) is 5.92. The predicted octanol–water partition coefficient (Wildman–Crippen LogP) is 5.99. The largest absolute Gasteiger partial charge is 0.497 e. The zero-order valence-corrected chi connectivity index (χ0v) is 15.5. The Morgan fingerprint density at radius 2 is 1.52 bits per heavy atom. The zero-order chi connectivity index (χ0) is 19.2. The Labute approximate surface area is 158 Å². The Kier molecular flexibility index (Phi) is 5.61. The molecule has 3 aromatic carbocycles. The van der Waals surface area contributed by atoms with Gasteiger partial charge in [0, 0.05) is 23.3 Å². The van der Waals surface area contributed by atoms with Crippen molar-refractivity contribution in [3.8, 4) is 22.6 Å². The normalized spacial score (nSPS) is 10.8. The molecular formula is C22H20N2O3. The third-order valence-corrected chi connectivity index (χ3v) is 4.13. The van der Waals surface area contributed by atoms with Crippen LogP contribution in [0.5, 0.6) is 11.5 Å². The molecule has 5 nitrogen and oxygen atoms in total. The van der Waals surface area contributed by atoms with E-state index in [1.807, 2.05) is 66.7 Å². The van der Waals surface area contributed by atoms with Crippen LogP contribution in [0.3, 0.4) is 0 Å². The van der Waals surface area contributed by atoms with Crippen LogP contribution in [-0.4, -0.2) is 20.0 Å². The molecule has 27 heavy (non-hydrogen) atoms. The lowest BCUT2D eigenvalue weighted by Crippen LogP contribution is -1.91. The van der Waals surface area contributed by atoms with Gasteiger partial charge >= 0.3 is 0 Å². The molecule has 0 heterocycles. The van der Waals surface area contributed by atoms with Crippen molar-refractivity contribution >= 4 is 17.2 Å². The minimum absolute atomic E-state index is 0.0363. The van der Waals surface area contributed by atoms with Gasteiger partial charge in [-0.3, -0.25) is 4.79 Å². The number of ether oxygens (including phenoxy) is 2. The van der Waals surface area contributed by atoms with Crippen molar-refractivity contribution in [3.05, 3.63) is 72.3 Å². The summed E-state index contributed by atoms with van der Waals surface area (Å²) in [7, 11) is 3.22. The SMILES string of the molecule is COc1cccc(N=Nc2cc(OC)ccc2-c2ccc(C(C)=O)cc2)c1. The first-order valence-corrected chi connectivity index (χ1v) is 8.46. The summed E-state index contributed by atoms with van der Waals surface area (Å²) < 4.78 is 10.5. The third-order valence-electron chi connectivity index (χ3n) is 4.13. The minimum atomic E-state index is 0.0363. The number of ketones is 1. The van der Waals surface area contributed by atoms with E-state index >= 15 is 0 Å². The molecule has 0 amide bonds. The number of Topliss-reactive ketones (excluding diaryl/α,β-unsaturated/α-hetero) is 1. The summed E-state index contributed by atoms with van der Waals surface area (Å²) in [6.45, 7) is 1.55. The zero-order valence-electron chi connectivity index (χ0n) is 15.5. The lowest BCUT2D eigenvalue weighted by atomic mass is 10.0. The van der Waals surface area contributed by atoms with Crippen molar-refractivity contribution in [2.75, 3.05) is 14.2 Å². The van der Waals surface area contributed by atoms with Gasteiger partial charge in [-0.25, -0.2) is 0 Å². The Balaban J connectivity index is 2.00. The summed E-state index contributed by atoms with van der Waals surface area (Å²) >= 11 is 0. The number of rotatable bonds is 6. The first kappa shape index (κ1) is 18.3. The minimum Gasteiger partial charge on any atom is -0.497 e. The molecule has 0 spiro atoms. The number of methoxy groups -OCH3 is 2. The average molecular weight is 360 g/mol. The van der Waals surface area contributed by atoms with Crippen LogP contribution in [0.1, 0.15) is 17.3 Å². The maximum absolute atomic E-state index is 11.5. The van der Waals surface area contributed by atoms with Crippen molar-refractivity contribution in [2.45, 2.75) is 6.92 Å². The van der Waals surface area contributed by atoms with Crippen LogP contribution < -0.4 is 9.47 Å². The summed E-state index contributed by atoms with van der Waals surface area (Å²) in [6.07, 6.45) is 0. The molecule has 0 atom stereocenters. The smallest absolute Gasteiger partial charge is 0.159 e. The molecule has 0 unspecified atom stereocenters. The first-order valence-electron chi connectivity index (χ1n) is 8.46.